The molecule has 1 aliphatic rings. The molecular weight excluding hydrogens is 305 g/mol. The van der Waals surface area contributed by atoms with Crippen molar-refractivity contribution in [1.29, 1.82) is 0 Å². The zero-order valence-electron chi connectivity index (χ0n) is 10.8. The van der Waals surface area contributed by atoms with Crippen molar-refractivity contribution in [2.24, 2.45) is 0 Å². The van der Waals surface area contributed by atoms with Crippen molar-refractivity contribution in [1.82, 2.24) is 4.31 Å². The number of rotatable bonds is 4. The van der Waals surface area contributed by atoms with Crippen LogP contribution in [0.1, 0.15) is 31.7 Å². The first-order valence-electron chi connectivity index (χ1n) is 6.37. The maximum absolute atomic E-state index is 12.6. The Balaban J connectivity index is 2.37. The zero-order chi connectivity index (χ0) is 14.0. The largest absolute Gasteiger partial charge is 0.243 e. The highest BCUT2D eigenvalue weighted by atomic mass is 35.5. The SMILES string of the molecule is CCC1CCCN1S(=O)(=O)c1ccc(CCl)c(Cl)c1. The topological polar surface area (TPSA) is 37.4 Å². The highest BCUT2D eigenvalue weighted by Crippen LogP contribution is 2.30. The van der Waals surface area contributed by atoms with Crippen molar-refractivity contribution < 1.29 is 8.42 Å². The van der Waals surface area contributed by atoms with E-state index < -0.39 is 10.0 Å². The van der Waals surface area contributed by atoms with E-state index in [1.54, 1.807) is 16.4 Å². The maximum atomic E-state index is 12.6. The molecule has 1 unspecified atom stereocenters. The molecule has 1 aromatic rings. The number of sulfonamides is 1. The second-order valence-electron chi connectivity index (χ2n) is 4.71. The quantitative estimate of drug-likeness (QED) is 0.794. The van der Waals surface area contributed by atoms with Gasteiger partial charge in [-0.2, -0.15) is 4.31 Å². The van der Waals surface area contributed by atoms with E-state index in [9.17, 15) is 8.42 Å². The summed E-state index contributed by atoms with van der Waals surface area (Å²) < 4.78 is 26.8. The average Bonchev–Trinajstić information content (AvgIpc) is 2.87. The highest BCUT2D eigenvalue weighted by Gasteiger charge is 2.34. The Morgan fingerprint density at radius 1 is 1.42 bits per heavy atom. The molecule has 1 atom stereocenters. The molecule has 6 heteroatoms. The molecule has 1 aromatic carbocycles. The first-order valence-corrected chi connectivity index (χ1v) is 8.72. The fourth-order valence-electron chi connectivity index (χ4n) is 2.47. The van der Waals surface area contributed by atoms with E-state index in [1.807, 2.05) is 6.92 Å². The van der Waals surface area contributed by atoms with E-state index in [0.29, 0.717) is 11.6 Å². The fourth-order valence-corrected chi connectivity index (χ4v) is 4.87. The number of nitrogens with zero attached hydrogens (tertiary/aromatic N) is 1. The van der Waals surface area contributed by atoms with Crippen molar-refractivity contribution >= 4 is 33.2 Å². The first-order chi connectivity index (χ1) is 9.00. The van der Waals surface area contributed by atoms with Crippen molar-refractivity contribution in [2.45, 2.75) is 43.0 Å². The van der Waals surface area contributed by atoms with Gasteiger partial charge in [0, 0.05) is 23.5 Å². The molecule has 1 saturated heterocycles. The molecule has 1 aliphatic heterocycles. The van der Waals surface area contributed by atoms with Gasteiger partial charge in [-0.3, -0.25) is 0 Å². The predicted molar refractivity (Wildman–Crippen MR) is 78.2 cm³/mol. The summed E-state index contributed by atoms with van der Waals surface area (Å²) in [5.74, 6) is 0.278. The van der Waals surface area contributed by atoms with E-state index >= 15 is 0 Å². The van der Waals surface area contributed by atoms with Gasteiger partial charge >= 0.3 is 0 Å². The predicted octanol–water partition coefficient (Wildman–Crippen LogP) is 3.64. The monoisotopic (exact) mass is 321 g/mol. The van der Waals surface area contributed by atoms with Crippen LogP contribution in [0, 0.1) is 0 Å². The summed E-state index contributed by atoms with van der Waals surface area (Å²) in [6, 6.07) is 4.87. The summed E-state index contributed by atoms with van der Waals surface area (Å²) in [5, 5.41) is 0.406. The standard InChI is InChI=1S/C13H17Cl2NO2S/c1-2-11-4-3-7-16(11)19(17,18)12-6-5-10(9-14)13(15)8-12/h5-6,8,11H,2-4,7,9H2,1H3. The van der Waals surface area contributed by atoms with Crippen LogP contribution in [0.5, 0.6) is 0 Å². The summed E-state index contributed by atoms with van der Waals surface area (Å²) in [7, 11) is -3.44. The van der Waals surface area contributed by atoms with Crippen molar-refractivity contribution in [3.05, 3.63) is 28.8 Å². The van der Waals surface area contributed by atoms with Gasteiger partial charge in [0.2, 0.25) is 10.0 Å². The molecule has 3 nitrogen and oxygen atoms in total. The number of hydrogen-bond acceptors (Lipinski definition) is 2. The summed E-state index contributed by atoms with van der Waals surface area (Å²) in [6.07, 6.45) is 2.70. The van der Waals surface area contributed by atoms with Gasteiger partial charge in [0.05, 0.1) is 4.90 Å². The van der Waals surface area contributed by atoms with E-state index in [1.165, 1.54) is 6.07 Å². The Bertz CT molecular complexity index is 560. The summed E-state index contributed by atoms with van der Waals surface area (Å²) >= 11 is 11.8. The van der Waals surface area contributed by atoms with Crippen LogP contribution < -0.4 is 0 Å². The van der Waals surface area contributed by atoms with Crippen LogP contribution in [0.15, 0.2) is 23.1 Å². The van der Waals surface area contributed by atoms with Crippen LogP contribution in [0.2, 0.25) is 5.02 Å². The lowest BCUT2D eigenvalue weighted by atomic mass is 10.2. The van der Waals surface area contributed by atoms with Gasteiger partial charge in [-0.1, -0.05) is 24.6 Å². The van der Waals surface area contributed by atoms with E-state index in [4.69, 9.17) is 23.2 Å². The van der Waals surface area contributed by atoms with Gasteiger partial charge in [0.15, 0.2) is 0 Å². The molecule has 0 bridgehead atoms. The molecule has 0 N–H and O–H groups in total. The van der Waals surface area contributed by atoms with Crippen LogP contribution in [0.4, 0.5) is 0 Å². The van der Waals surface area contributed by atoms with Crippen molar-refractivity contribution in [3.8, 4) is 0 Å². The smallest absolute Gasteiger partial charge is 0.207 e. The lowest BCUT2D eigenvalue weighted by molar-refractivity contribution is 0.379. The summed E-state index contributed by atoms with van der Waals surface area (Å²) in [6.45, 7) is 2.61. The second kappa shape index (κ2) is 6.00. The van der Waals surface area contributed by atoms with Crippen LogP contribution in [0.25, 0.3) is 0 Å². The molecule has 0 radical (unpaired) electrons. The van der Waals surface area contributed by atoms with Crippen LogP contribution in [-0.2, 0) is 15.9 Å². The van der Waals surface area contributed by atoms with Gasteiger partial charge in [0.1, 0.15) is 0 Å². The van der Waals surface area contributed by atoms with Gasteiger partial charge in [-0.25, -0.2) is 8.42 Å². The van der Waals surface area contributed by atoms with Crippen molar-refractivity contribution in [2.75, 3.05) is 6.54 Å². The third kappa shape index (κ3) is 2.92. The van der Waals surface area contributed by atoms with Gasteiger partial charge in [0.25, 0.3) is 0 Å². The molecule has 2 rings (SSSR count). The Hall–Kier alpha value is -0.290. The Morgan fingerprint density at radius 3 is 2.74 bits per heavy atom. The third-order valence-electron chi connectivity index (χ3n) is 3.57. The molecule has 0 aromatic heterocycles. The number of halogens is 2. The average molecular weight is 322 g/mol. The summed E-state index contributed by atoms with van der Waals surface area (Å²) in [5.41, 5.74) is 0.746. The molecule has 19 heavy (non-hydrogen) atoms. The number of alkyl halides is 1. The molecular formula is C13H17Cl2NO2S. The number of hydrogen-bond donors (Lipinski definition) is 0. The third-order valence-corrected chi connectivity index (χ3v) is 6.16. The van der Waals surface area contributed by atoms with Crippen LogP contribution >= 0.6 is 23.2 Å². The van der Waals surface area contributed by atoms with E-state index in [0.717, 1.165) is 24.8 Å². The van der Waals surface area contributed by atoms with E-state index in [2.05, 4.69) is 0 Å². The normalized spacial score (nSPS) is 20.9. The lowest BCUT2D eigenvalue weighted by Gasteiger charge is -2.23. The van der Waals surface area contributed by atoms with Crippen LogP contribution in [0.3, 0.4) is 0 Å². The van der Waals surface area contributed by atoms with E-state index in [-0.39, 0.29) is 16.8 Å². The molecule has 0 aliphatic carbocycles. The Morgan fingerprint density at radius 2 is 2.16 bits per heavy atom. The minimum atomic E-state index is -3.44. The first kappa shape index (κ1) is 15.1. The van der Waals surface area contributed by atoms with Gasteiger partial charge < -0.3 is 0 Å². The van der Waals surface area contributed by atoms with Crippen molar-refractivity contribution in [3.63, 3.8) is 0 Å². The maximum Gasteiger partial charge on any atom is 0.243 e. The lowest BCUT2D eigenvalue weighted by Crippen LogP contribution is -2.35. The minimum Gasteiger partial charge on any atom is -0.207 e. The molecule has 0 amide bonds. The van der Waals surface area contributed by atoms with Gasteiger partial charge in [-0.05, 0) is 37.0 Å². The van der Waals surface area contributed by atoms with Crippen LogP contribution in [-0.4, -0.2) is 25.3 Å². The second-order valence-corrected chi connectivity index (χ2v) is 7.27. The Kier molecular flexibility index (Phi) is 4.77. The molecule has 106 valence electrons. The molecule has 0 saturated carbocycles. The minimum absolute atomic E-state index is 0.108. The zero-order valence-corrected chi connectivity index (χ0v) is 13.1. The molecule has 1 fully saturated rings. The highest BCUT2D eigenvalue weighted by molar-refractivity contribution is 7.89. The Labute approximate surface area is 124 Å². The number of benzene rings is 1. The molecule has 0 spiro atoms. The fraction of sp³-hybridized carbons (Fsp3) is 0.538. The summed E-state index contributed by atoms with van der Waals surface area (Å²) in [4.78, 5) is 0.256. The molecule has 1 heterocycles. The van der Waals surface area contributed by atoms with Gasteiger partial charge in [-0.15, -0.1) is 11.6 Å².